The zero-order valence-electron chi connectivity index (χ0n) is 21.2. The summed E-state index contributed by atoms with van der Waals surface area (Å²) in [5.41, 5.74) is 12.0. The van der Waals surface area contributed by atoms with E-state index in [0.717, 1.165) is 32.3 Å². The Bertz CT molecular complexity index is 1450. The summed E-state index contributed by atoms with van der Waals surface area (Å²) < 4.78 is 15.8. The second-order valence-corrected chi connectivity index (χ2v) is 9.30. The van der Waals surface area contributed by atoms with Gasteiger partial charge in [0.2, 0.25) is 0 Å². The van der Waals surface area contributed by atoms with Gasteiger partial charge in [-0.3, -0.25) is 0 Å². The number of imidazole rings is 1. The fraction of sp³-hybridized carbons (Fsp3) is 0.133. The van der Waals surface area contributed by atoms with Crippen molar-refractivity contribution in [2.24, 2.45) is 10.7 Å². The highest BCUT2D eigenvalue weighted by Gasteiger charge is 2.32. The molecule has 0 saturated carbocycles. The molecule has 0 aromatic carbocycles. The Kier molecular flexibility index (Phi) is 8.22. The molecule has 0 saturated heterocycles. The van der Waals surface area contributed by atoms with Crippen molar-refractivity contribution in [3.05, 3.63) is 136 Å². The van der Waals surface area contributed by atoms with Crippen molar-refractivity contribution in [1.29, 1.82) is 0 Å². The smallest absolute Gasteiger partial charge is 0.157 e. The van der Waals surface area contributed by atoms with E-state index in [0.29, 0.717) is 34.1 Å². The highest BCUT2D eigenvalue weighted by molar-refractivity contribution is 7.14. The summed E-state index contributed by atoms with van der Waals surface area (Å²) in [7, 11) is 0. The van der Waals surface area contributed by atoms with Crippen LogP contribution >= 0.6 is 11.3 Å². The van der Waals surface area contributed by atoms with Crippen molar-refractivity contribution < 1.29 is 4.39 Å². The Morgan fingerprint density at radius 1 is 1.17 bits per heavy atom. The number of aromatic amines is 1. The van der Waals surface area contributed by atoms with Gasteiger partial charge >= 0.3 is 0 Å². The molecule has 4 nitrogen and oxygen atoms in total. The number of aryl methyl sites for hydroxylation is 1. The van der Waals surface area contributed by atoms with Gasteiger partial charge in [0.1, 0.15) is 11.5 Å². The lowest BCUT2D eigenvalue weighted by atomic mass is 9.93. The van der Waals surface area contributed by atoms with Crippen LogP contribution in [0, 0.1) is 6.92 Å². The molecule has 3 rings (SSSR count). The zero-order valence-corrected chi connectivity index (χ0v) is 22.0. The van der Waals surface area contributed by atoms with E-state index in [2.05, 4.69) is 36.3 Å². The van der Waals surface area contributed by atoms with E-state index in [9.17, 15) is 0 Å². The molecule has 36 heavy (non-hydrogen) atoms. The first-order valence-corrected chi connectivity index (χ1v) is 12.3. The molecular weight excluding hydrogens is 467 g/mol. The largest absolute Gasteiger partial charge is 0.399 e. The van der Waals surface area contributed by atoms with E-state index in [1.807, 2.05) is 39.0 Å². The molecule has 0 atom stereocenters. The number of thiophene rings is 1. The highest BCUT2D eigenvalue weighted by atomic mass is 32.1. The number of hydrogen-bond donors (Lipinski definition) is 2. The summed E-state index contributed by atoms with van der Waals surface area (Å²) in [6.45, 7) is 23.1. The Hall–Kier alpha value is -4.03. The third-order valence-electron chi connectivity index (χ3n) is 5.64. The fourth-order valence-corrected chi connectivity index (χ4v) is 4.66. The molecule has 6 heteroatoms. The normalized spacial score (nSPS) is 17.0. The molecule has 184 valence electrons. The molecule has 0 bridgehead atoms. The quantitative estimate of drug-likeness (QED) is 0.345. The number of nitrogens with zero attached hydrogens (tertiary/aromatic N) is 2. The topological polar surface area (TPSA) is 67.1 Å². The Morgan fingerprint density at radius 3 is 2.42 bits per heavy atom. The lowest BCUT2D eigenvalue weighted by Gasteiger charge is -2.21. The molecule has 0 radical (unpaired) electrons. The Morgan fingerprint density at radius 2 is 1.86 bits per heavy atom. The molecule has 3 N–H and O–H groups in total. The molecule has 0 unspecified atom stereocenters. The summed E-state index contributed by atoms with van der Waals surface area (Å²) >= 11 is 1.64. The van der Waals surface area contributed by atoms with Crippen molar-refractivity contribution in [3.8, 4) is 0 Å². The standard InChI is InChI=1S/C30H31FN4S/c1-9-13-22(25-15-14-24(36-25)17(5)6)28-19(8)33-30(35-28)29-26(23(12-4)34-29)27(31)18(7)20(10-2)16-21(32)11-3/h9-16H,1,3,5,7,32H2,2,4,6,8H3,(H,33,35)/b20-10+,21-16+,22-13-,23-12+,27-26-. The van der Waals surface area contributed by atoms with Crippen LogP contribution in [-0.4, -0.2) is 15.7 Å². The third-order valence-corrected chi connectivity index (χ3v) is 6.92. The number of rotatable bonds is 9. The minimum atomic E-state index is -0.476. The monoisotopic (exact) mass is 498 g/mol. The summed E-state index contributed by atoms with van der Waals surface area (Å²) in [5, 5.41) is 0. The van der Waals surface area contributed by atoms with Crippen molar-refractivity contribution in [2.45, 2.75) is 27.7 Å². The second kappa shape index (κ2) is 11.1. The second-order valence-electron chi connectivity index (χ2n) is 8.21. The minimum absolute atomic E-state index is 0.214. The maximum Gasteiger partial charge on any atom is 0.157 e. The van der Waals surface area contributed by atoms with Gasteiger partial charge in [-0.2, -0.15) is 0 Å². The van der Waals surface area contributed by atoms with E-state index < -0.39 is 5.83 Å². The zero-order chi connectivity index (χ0) is 26.6. The molecule has 0 fully saturated rings. The third kappa shape index (κ3) is 5.14. The van der Waals surface area contributed by atoms with Crippen LogP contribution in [0.1, 0.15) is 47.7 Å². The lowest BCUT2D eigenvalue weighted by molar-refractivity contribution is 0.647. The first-order chi connectivity index (χ1) is 17.2. The van der Waals surface area contributed by atoms with Gasteiger partial charge in [-0.1, -0.05) is 50.6 Å². The fourth-order valence-electron chi connectivity index (χ4n) is 3.70. The number of aromatic nitrogens is 2. The summed E-state index contributed by atoms with van der Waals surface area (Å²) in [4.78, 5) is 14.8. The van der Waals surface area contributed by atoms with E-state index in [4.69, 9.17) is 10.7 Å². The summed E-state index contributed by atoms with van der Waals surface area (Å²) in [6, 6.07) is 4.09. The summed E-state index contributed by atoms with van der Waals surface area (Å²) in [5.74, 6) is 0.0111. The van der Waals surface area contributed by atoms with Crippen molar-refractivity contribution in [2.75, 3.05) is 0 Å². The number of hydrogen-bond acceptors (Lipinski definition) is 4. The average Bonchev–Trinajstić information content (AvgIpc) is 3.47. The minimum Gasteiger partial charge on any atom is -0.399 e. The van der Waals surface area contributed by atoms with Crippen LogP contribution in [0.3, 0.4) is 0 Å². The predicted molar refractivity (Wildman–Crippen MR) is 153 cm³/mol. The van der Waals surface area contributed by atoms with Crippen LogP contribution in [0.15, 0.2) is 114 Å². The number of aliphatic imine (C=N–C) groups is 1. The van der Waals surface area contributed by atoms with Crippen LogP contribution in [-0.2, 0) is 0 Å². The van der Waals surface area contributed by atoms with Gasteiger partial charge in [0, 0.05) is 32.3 Å². The Labute approximate surface area is 216 Å². The molecule has 0 amide bonds. The molecular formula is C30H31FN4S. The maximum absolute atomic E-state index is 15.8. The van der Waals surface area contributed by atoms with E-state index in [1.54, 1.807) is 42.6 Å². The number of allylic oxidation sites excluding steroid dienone is 11. The maximum atomic E-state index is 15.8. The van der Waals surface area contributed by atoms with Gasteiger partial charge in [-0.15, -0.1) is 11.3 Å². The van der Waals surface area contributed by atoms with E-state index in [-0.39, 0.29) is 5.57 Å². The average molecular weight is 499 g/mol. The van der Waals surface area contributed by atoms with E-state index >= 15 is 4.39 Å². The predicted octanol–water partition coefficient (Wildman–Crippen LogP) is 7.89. The molecule has 2 aromatic rings. The van der Waals surface area contributed by atoms with E-state index in [1.165, 1.54) is 6.08 Å². The van der Waals surface area contributed by atoms with Gasteiger partial charge in [-0.05, 0) is 63.1 Å². The van der Waals surface area contributed by atoms with Crippen molar-refractivity contribution >= 4 is 28.2 Å². The van der Waals surface area contributed by atoms with Gasteiger partial charge in [-0.25, -0.2) is 14.4 Å². The van der Waals surface area contributed by atoms with Crippen molar-refractivity contribution in [3.63, 3.8) is 0 Å². The summed E-state index contributed by atoms with van der Waals surface area (Å²) in [6.07, 6.45) is 10.3. The molecule has 0 aliphatic carbocycles. The van der Waals surface area contributed by atoms with Gasteiger partial charge in [0.05, 0.1) is 17.0 Å². The van der Waals surface area contributed by atoms with Crippen LogP contribution in [0.4, 0.5) is 4.39 Å². The Balaban J connectivity index is 2.07. The molecule has 1 aliphatic rings. The van der Waals surface area contributed by atoms with Crippen LogP contribution in [0.25, 0.3) is 11.1 Å². The number of halogens is 1. The first-order valence-electron chi connectivity index (χ1n) is 11.4. The molecule has 3 heterocycles. The van der Waals surface area contributed by atoms with Gasteiger partial charge < -0.3 is 10.7 Å². The SMILES string of the molecule is C=C/C=C(/c1ccc(C(=C)C)s1)c1nc(C2=NC(=C/C)/C2=C(/F)C(=C)C(/C=C(/N)C=C)=C/C)[nH]c1C. The number of nitrogens with one attached hydrogen (secondary N) is 1. The number of nitrogens with two attached hydrogens (primary N) is 1. The highest BCUT2D eigenvalue weighted by Crippen LogP contribution is 2.38. The van der Waals surface area contributed by atoms with Gasteiger partial charge in [0.15, 0.2) is 5.82 Å². The molecule has 0 spiro atoms. The number of H-pyrrole nitrogens is 1. The van der Waals surface area contributed by atoms with Crippen LogP contribution in [0.2, 0.25) is 0 Å². The van der Waals surface area contributed by atoms with Crippen LogP contribution < -0.4 is 5.73 Å². The van der Waals surface area contributed by atoms with Gasteiger partial charge in [0.25, 0.3) is 0 Å². The lowest BCUT2D eigenvalue weighted by Crippen LogP contribution is -2.20. The molecule has 2 aromatic heterocycles. The van der Waals surface area contributed by atoms with Crippen LogP contribution in [0.5, 0.6) is 0 Å². The first kappa shape index (κ1) is 26.6. The molecule has 1 aliphatic heterocycles. The van der Waals surface area contributed by atoms with Crippen molar-refractivity contribution in [1.82, 2.24) is 9.97 Å².